The number of rotatable bonds is 1. The zero-order valence-electron chi connectivity index (χ0n) is 7.67. The normalized spacial score (nSPS) is 10.7. The fourth-order valence-corrected chi connectivity index (χ4v) is 1.78. The second-order valence-corrected chi connectivity index (χ2v) is 3.73. The van der Waals surface area contributed by atoms with Crippen molar-refractivity contribution in [3.63, 3.8) is 0 Å². The second-order valence-electron chi connectivity index (χ2n) is 2.94. The Balaban J connectivity index is 2.79. The molecule has 0 radical (unpaired) electrons. The molecule has 1 aromatic carbocycles. The monoisotopic (exact) mass is 262 g/mol. The number of benzene rings is 1. The summed E-state index contributed by atoms with van der Waals surface area (Å²) in [7, 11) is 0. The minimum absolute atomic E-state index is 0.0580. The molecule has 0 unspecified atom stereocenters. The molecule has 0 aliphatic carbocycles. The fraction of sp³-hybridized carbons (Fsp3) is 0. The van der Waals surface area contributed by atoms with Crippen molar-refractivity contribution in [2.24, 2.45) is 0 Å². The number of nitrogen functional groups attached to an aromatic ring is 1. The Morgan fingerprint density at radius 2 is 2.12 bits per heavy atom. The highest BCUT2D eigenvalue weighted by Crippen LogP contribution is 2.26. The van der Waals surface area contributed by atoms with E-state index in [2.05, 4.69) is 10.2 Å². The molecule has 2 rings (SSSR count). The van der Waals surface area contributed by atoms with Gasteiger partial charge in [0, 0.05) is 6.07 Å². The van der Waals surface area contributed by atoms with Gasteiger partial charge in [-0.15, -0.1) is 5.10 Å². The highest BCUT2D eigenvalue weighted by molar-refractivity contribution is 7.71. The van der Waals surface area contributed by atoms with Crippen LogP contribution in [-0.4, -0.2) is 14.8 Å². The molecule has 0 aliphatic rings. The molecular formula is C8H5ClF2N4S. The summed E-state index contributed by atoms with van der Waals surface area (Å²) in [6.07, 6.45) is 0. The van der Waals surface area contributed by atoms with E-state index < -0.39 is 11.6 Å². The lowest BCUT2D eigenvalue weighted by Gasteiger charge is -2.07. The molecular weight excluding hydrogens is 258 g/mol. The summed E-state index contributed by atoms with van der Waals surface area (Å²) in [5.41, 5.74) is 5.36. The highest BCUT2D eigenvalue weighted by atomic mass is 35.5. The van der Waals surface area contributed by atoms with Crippen LogP contribution >= 0.6 is 23.8 Å². The lowest BCUT2D eigenvalue weighted by atomic mass is 10.3. The SMILES string of the molecule is Nc1n[nH]c(=S)n1-c1c(F)cc(F)cc1Cl. The topological polar surface area (TPSA) is 59.6 Å². The predicted octanol–water partition coefficient (Wildman–Crippen LogP) is 2.44. The number of hydrogen-bond acceptors (Lipinski definition) is 3. The highest BCUT2D eigenvalue weighted by Gasteiger charge is 2.15. The van der Waals surface area contributed by atoms with Crippen molar-refractivity contribution in [2.45, 2.75) is 0 Å². The quantitative estimate of drug-likeness (QED) is 0.776. The van der Waals surface area contributed by atoms with Crippen LogP contribution in [-0.2, 0) is 0 Å². The standard InChI is InChI=1S/C8H5ClF2N4S/c9-4-1-3(10)2-5(11)6(4)15-7(12)13-14-8(15)16/h1-2H,(H2,12,13)(H,14,16). The molecule has 0 spiro atoms. The maximum Gasteiger partial charge on any atom is 0.225 e. The maximum absolute atomic E-state index is 13.5. The van der Waals surface area contributed by atoms with Crippen LogP contribution in [0.1, 0.15) is 0 Å². The molecule has 8 heteroatoms. The molecule has 16 heavy (non-hydrogen) atoms. The fourth-order valence-electron chi connectivity index (χ4n) is 1.27. The summed E-state index contributed by atoms with van der Waals surface area (Å²) in [5, 5.41) is 5.84. The van der Waals surface area contributed by atoms with Crippen molar-refractivity contribution in [1.29, 1.82) is 0 Å². The van der Waals surface area contributed by atoms with Crippen LogP contribution in [0.3, 0.4) is 0 Å². The Morgan fingerprint density at radius 3 is 2.62 bits per heavy atom. The molecule has 4 nitrogen and oxygen atoms in total. The summed E-state index contributed by atoms with van der Waals surface area (Å²) in [4.78, 5) is 0. The lowest BCUT2D eigenvalue weighted by Crippen LogP contribution is -2.04. The van der Waals surface area contributed by atoms with Crippen LogP contribution < -0.4 is 5.73 Å². The Bertz CT molecular complexity index is 583. The predicted molar refractivity (Wildman–Crippen MR) is 58.1 cm³/mol. The van der Waals surface area contributed by atoms with Crippen molar-refractivity contribution in [3.05, 3.63) is 33.6 Å². The second kappa shape index (κ2) is 3.84. The van der Waals surface area contributed by atoms with E-state index in [4.69, 9.17) is 29.6 Å². The molecule has 0 aliphatic heterocycles. The Morgan fingerprint density at radius 1 is 1.44 bits per heavy atom. The van der Waals surface area contributed by atoms with Gasteiger partial charge >= 0.3 is 0 Å². The molecule has 0 atom stereocenters. The van der Waals surface area contributed by atoms with E-state index in [9.17, 15) is 8.78 Å². The van der Waals surface area contributed by atoms with Gasteiger partial charge in [-0.25, -0.2) is 13.9 Å². The van der Waals surface area contributed by atoms with Gasteiger partial charge in [0.2, 0.25) is 10.7 Å². The number of hydrogen-bond donors (Lipinski definition) is 2. The van der Waals surface area contributed by atoms with E-state index in [1.165, 1.54) is 0 Å². The van der Waals surface area contributed by atoms with Gasteiger partial charge in [0.25, 0.3) is 0 Å². The summed E-state index contributed by atoms with van der Waals surface area (Å²) >= 11 is 10.6. The summed E-state index contributed by atoms with van der Waals surface area (Å²) < 4.78 is 27.5. The molecule has 0 saturated heterocycles. The van der Waals surface area contributed by atoms with E-state index in [0.29, 0.717) is 6.07 Å². The summed E-state index contributed by atoms with van der Waals surface area (Å²) in [6, 6.07) is 1.66. The van der Waals surface area contributed by atoms with E-state index in [1.54, 1.807) is 0 Å². The average Bonchev–Trinajstić information content (AvgIpc) is 2.47. The van der Waals surface area contributed by atoms with Crippen molar-refractivity contribution in [1.82, 2.24) is 14.8 Å². The van der Waals surface area contributed by atoms with Crippen LogP contribution in [0, 0.1) is 16.4 Å². The number of nitrogens with two attached hydrogens (primary N) is 1. The van der Waals surface area contributed by atoms with Gasteiger partial charge in [-0.05, 0) is 18.3 Å². The van der Waals surface area contributed by atoms with Crippen LogP contribution in [0.15, 0.2) is 12.1 Å². The van der Waals surface area contributed by atoms with Crippen molar-refractivity contribution < 1.29 is 8.78 Å². The van der Waals surface area contributed by atoms with Gasteiger partial charge in [-0.1, -0.05) is 11.6 Å². The van der Waals surface area contributed by atoms with Crippen molar-refractivity contribution in [2.75, 3.05) is 5.73 Å². The van der Waals surface area contributed by atoms with Gasteiger partial charge in [0.05, 0.1) is 5.02 Å². The number of aromatic amines is 1. The van der Waals surface area contributed by atoms with Gasteiger partial charge in [0.1, 0.15) is 11.5 Å². The van der Waals surface area contributed by atoms with Crippen LogP contribution in [0.2, 0.25) is 5.02 Å². The van der Waals surface area contributed by atoms with Crippen LogP contribution in [0.25, 0.3) is 5.69 Å². The number of halogens is 3. The largest absolute Gasteiger partial charge is 0.368 e. The minimum atomic E-state index is -0.866. The zero-order chi connectivity index (χ0) is 11.9. The molecule has 0 saturated carbocycles. The molecule has 3 N–H and O–H groups in total. The number of H-pyrrole nitrogens is 1. The van der Waals surface area contributed by atoms with Gasteiger partial charge in [-0.2, -0.15) is 0 Å². The first-order chi connectivity index (χ1) is 7.50. The molecule has 1 aromatic heterocycles. The third-order valence-electron chi connectivity index (χ3n) is 1.90. The van der Waals surface area contributed by atoms with Crippen LogP contribution in [0.4, 0.5) is 14.7 Å². The summed E-state index contributed by atoms with van der Waals surface area (Å²) in [5.74, 6) is -1.70. The van der Waals surface area contributed by atoms with E-state index >= 15 is 0 Å². The van der Waals surface area contributed by atoms with Crippen molar-refractivity contribution >= 4 is 29.8 Å². The van der Waals surface area contributed by atoms with Gasteiger partial charge in [-0.3, -0.25) is 4.57 Å². The van der Waals surface area contributed by atoms with E-state index in [1.807, 2.05) is 0 Å². The van der Waals surface area contributed by atoms with Gasteiger partial charge in [0.15, 0.2) is 5.82 Å². The third-order valence-corrected chi connectivity index (χ3v) is 2.47. The van der Waals surface area contributed by atoms with Crippen LogP contribution in [0.5, 0.6) is 0 Å². The number of aromatic nitrogens is 3. The van der Waals surface area contributed by atoms with Crippen molar-refractivity contribution in [3.8, 4) is 5.69 Å². The Labute approximate surface area is 98.6 Å². The first kappa shape index (κ1) is 11.0. The Kier molecular flexibility index (Phi) is 2.64. The molecule has 0 bridgehead atoms. The number of anilines is 1. The first-order valence-electron chi connectivity index (χ1n) is 4.08. The lowest BCUT2D eigenvalue weighted by molar-refractivity contribution is 0.578. The Hall–Kier alpha value is -1.47. The van der Waals surface area contributed by atoms with E-state index in [-0.39, 0.29) is 21.4 Å². The molecule has 0 fully saturated rings. The minimum Gasteiger partial charge on any atom is -0.368 e. The molecule has 2 aromatic rings. The van der Waals surface area contributed by atoms with Gasteiger partial charge < -0.3 is 5.73 Å². The molecule has 84 valence electrons. The zero-order valence-corrected chi connectivity index (χ0v) is 9.24. The van der Waals surface area contributed by atoms with E-state index in [0.717, 1.165) is 10.6 Å². The maximum atomic E-state index is 13.5. The molecule has 0 amide bonds. The number of nitrogens with one attached hydrogen (secondary N) is 1. The third kappa shape index (κ3) is 1.68. The first-order valence-corrected chi connectivity index (χ1v) is 4.87. The average molecular weight is 263 g/mol. The summed E-state index contributed by atoms with van der Waals surface area (Å²) in [6.45, 7) is 0. The molecule has 1 heterocycles. The number of nitrogens with zero attached hydrogens (tertiary/aromatic N) is 2. The smallest absolute Gasteiger partial charge is 0.225 e.